The van der Waals surface area contributed by atoms with Crippen LogP contribution in [0.5, 0.6) is 11.5 Å². The maximum absolute atomic E-state index is 13.6. The van der Waals surface area contributed by atoms with E-state index in [4.69, 9.17) is 16.3 Å². The largest absolute Gasteiger partial charge is 0.573 e. The second kappa shape index (κ2) is 11.6. The van der Waals surface area contributed by atoms with E-state index in [-0.39, 0.29) is 12.3 Å². The Morgan fingerprint density at radius 2 is 1.68 bits per heavy atom. The number of aryl methyl sites for hydroxylation is 1. The molecule has 0 bridgehead atoms. The quantitative estimate of drug-likeness (QED) is 0.198. The topological polar surface area (TPSA) is 77.8 Å². The number of carboxylic acid groups (broad SMARTS) is 1. The van der Waals surface area contributed by atoms with Crippen molar-refractivity contribution in [1.29, 1.82) is 0 Å². The summed E-state index contributed by atoms with van der Waals surface area (Å²) in [4.78, 5) is 25.0. The van der Waals surface area contributed by atoms with Crippen LogP contribution >= 0.6 is 11.6 Å². The van der Waals surface area contributed by atoms with Crippen LogP contribution in [-0.2, 0) is 17.8 Å². The van der Waals surface area contributed by atoms with Gasteiger partial charge in [0.25, 0.3) is 0 Å². The molecular weight excluding hydrogens is 547 g/mol. The number of carbonyl (C=O) groups is 2. The fourth-order valence-corrected chi connectivity index (χ4v) is 4.78. The van der Waals surface area contributed by atoms with Crippen molar-refractivity contribution < 1.29 is 37.3 Å². The SMILES string of the molecule is CCCc1ccc(O[C@H](C)C(=O)O)cc1Cn1c(C)c(C(=O)c2ccc(Cl)cc2)c2ccc(OC(F)(F)F)cc21. The van der Waals surface area contributed by atoms with E-state index in [0.717, 1.165) is 17.5 Å². The number of alkyl halides is 3. The van der Waals surface area contributed by atoms with Gasteiger partial charge in [0.15, 0.2) is 11.9 Å². The predicted molar refractivity (Wildman–Crippen MR) is 146 cm³/mol. The van der Waals surface area contributed by atoms with E-state index in [1.54, 1.807) is 47.9 Å². The zero-order valence-electron chi connectivity index (χ0n) is 22.0. The van der Waals surface area contributed by atoms with Crippen LogP contribution in [0.4, 0.5) is 13.2 Å². The summed E-state index contributed by atoms with van der Waals surface area (Å²) in [6.45, 7) is 5.36. The minimum atomic E-state index is -4.89. The van der Waals surface area contributed by atoms with Gasteiger partial charge in [-0.2, -0.15) is 0 Å². The lowest BCUT2D eigenvalue weighted by molar-refractivity contribution is -0.274. The number of ether oxygens (including phenoxy) is 2. The number of hydrogen-bond donors (Lipinski definition) is 1. The summed E-state index contributed by atoms with van der Waals surface area (Å²) in [6.07, 6.45) is -4.43. The molecule has 0 aliphatic rings. The van der Waals surface area contributed by atoms with Crippen molar-refractivity contribution in [3.63, 3.8) is 0 Å². The molecule has 0 fully saturated rings. The first-order chi connectivity index (χ1) is 18.9. The molecular formula is C30H27ClF3NO5. The summed E-state index contributed by atoms with van der Waals surface area (Å²) < 4.78 is 50.7. The molecule has 3 aromatic carbocycles. The minimum absolute atomic E-state index is 0.194. The molecule has 0 aliphatic heterocycles. The van der Waals surface area contributed by atoms with Crippen LogP contribution in [0.3, 0.4) is 0 Å². The zero-order valence-corrected chi connectivity index (χ0v) is 22.8. The fraction of sp³-hybridized carbons (Fsp3) is 0.267. The first-order valence-corrected chi connectivity index (χ1v) is 13.0. The number of halogens is 4. The van der Waals surface area contributed by atoms with Gasteiger partial charge < -0.3 is 19.1 Å². The second-order valence-electron chi connectivity index (χ2n) is 9.39. The van der Waals surface area contributed by atoms with E-state index in [1.807, 2.05) is 13.0 Å². The number of carbonyl (C=O) groups excluding carboxylic acids is 1. The zero-order chi connectivity index (χ0) is 29.2. The molecule has 0 aliphatic carbocycles. The average Bonchev–Trinajstić information content (AvgIpc) is 3.15. The van der Waals surface area contributed by atoms with Gasteiger partial charge in [0, 0.05) is 34.3 Å². The number of ketones is 1. The molecule has 0 saturated heterocycles. The normalized spacial score (nSPS) is 12.4. The highest BCUT2D eigenvalue weighted by molar-refractivity contribution is 6.30. The van der Waals surface area contributed by atoms with Crippen molar-refractivity contribution in [3.05, 3.63) is 93.6 Å². The number of aliphatic carboxylic acids is 1. The molecule has 10 heteroatoms. The Morgan fingerprint density at radius 3 is 2.30 bits per heavy atom. The lowest BCUT2D eigenvalue weighted by Crippen LogP contribution is -2.23. The van der Waals surface area contributed by atoms with Gasteiger partial charge in [-0.25, -0.2) is 4.79 Å². The van der Waals surface area contributed by atoms with Crippen LogP contribution in [0.1, 0.15) is 53.0 Å². The van der Waals surface area contributed by atoms with Gasteiger partial charge in [0.05, 0.1) is 11.1 Å². The number of fused-ring (bicyclic) bond motifs is 1. The van der Waals surface area contributed by atoms with Gasteiger partial charge in [-0.05, 0) is 79.9 Å². The van der Waals surface area contributed by atoms with Crippen LogP contribution in [0.2, 0.25) is 5.02 Å². The molecule has 210 valence electrons. The molecule has 1 N–H and O–H groups in total. The Balaban J connectivity index is 1.87. The van der Waals surface area contributed by atoms with Crippen LogP contribution in [0.25, 0.3) is 10.9 Å². The summed E-state index contributed by atoms with van der Waals surface area (Å²) in [6, 6.07) is 15.6. The molecule has 0 saturated carbocycles. The number of hydrogen-bond acceptors (Lipinski definition) is 4. The van der Waals surface area contributed by atoms with Crippen molar-refractivity contribution in [2.24, 2.45) is 0 Å². The molecule has 1 atom stereocenters. The van der Waals surface area contributed by atoms with Crippen molar-refractivity contribution in [2.75, 3.05) is 0 Å². The molecule has 0 amide bonds. The molecule has 1 aromatic heterocycles. The summed E-state index contributed by atoms with van der Waals surface area (Å²) >= 11 is 5.99. The maximum Gasteiger partial charge on any atom is 0.573 e. The van der Waals surface area contributed by atoms with Crippen LogP contribution in [-0.4, -0.2) is 33.9 Å². The first-order valence-electron chi connectivity index (χ1n) is 12.6. The van der Waals surface area contributed by atoms with E-state index >= 15 is 0 Å². The van der Waals surface area contributed by atoms with E-state index in [0.29, 0.717) is 44.9 Å². The highest BCUT2D eigenvalue weighted by Crippen LogP contribution is 2.34. The van der Waals surface area contributed by atoms with Crippen molar-refractivity contribution in [3.8, 4) is 11.5 Å². The number of benzene rings is 3. The van der Waals surface area contributed by atoms with Gasteiger partial charge in [0.2, 0.25) is 0 Å². The molecule has 4 aromatic rings. The Bertz CT molecular complexity index is 1560. The molecule has 4 rings (SSSR count). The van der Waals surface area contributed by atoms with Crippen LogP contribution in [0.15, 0.2) is 60.7 Å². The molecule has 40 heavy (non-hydrogen) atoms. The standard InChI is InChI=1S/C30H27ClF3NO5/c1-4-5-19-8-11-23(39-18(3)29(37)38)14-21(19)16-35-17(2)27(28(36)20-6-9-22(31)10-7-20)25-13-12-24(15-26(25)35)40-30(32,33)34/h6-15,18H,4-5,16H2,1-3H3,(H,37,38)/t18-/m1/s1. The molecule has 0 unspecified atom stereocenters. The van der Waals surface area contributed by atoms with Gasteiger partial charge in [0.1, 0.15) is 11.5 Å². The molecule has 1 heterocycles. The molecule has 6 nitrogen and oxygen atoms in total. The van der Waals surface area contributed by atoms with Crippen molar-refractivity contribution >= 4 is 34.3 Å². The second-order valence-corrected chi connectivity index (χ2v) is 9.82. The van der Waals surface area contributed by atoms with E-state index in [1.165, 1.54) is 25.1 Å². The van der Waals surface area contributed by atoms with Crippen LogP contribution < -0.4 is 9.47 Å². The van der Waals surface area contributed by atoms with Crippen molar-refractivity contribution in [2.45, 2.75) is 52.6 Å². The number of rotatable bonds is 10. The average molecular weight is 574 g/mol. The van der Waals surface area contributed by atoms with E-state index in [2.05, 4.69) is 4.74 Å². The number of carboxylic acids is 1. The van der Waals surface area contributed by atoms with E-state index < -0.39 is 24.2 Å². The van der Waals surface area contributed by atoms with E-state index in [9.17, 15) is 27.9 Å². The third-order valence-electron chi connectivity index (χ3n) is 6.55. The third kappa shape index (κ3) is 6.42. The predicted octanol–water partition coefficient (Wildman–Crippen LogP) is 7.59. The van der Waals surface area contributed by atoms with Gasteiger partial charge in [-0.1, -0.05) is 31.0 Å². The fourth-order valence-electron chi connectivity index (χ4n) is 4.65. The summed E-state index contributed by atoms with van der Waals surface area (Å²) in [5.74, 6) is -1.49. The number of aromatic nitrogens is 1. The van der Waals surface area contributed by atoms with Crippen LogP contribution in [0, 0.1) is 6.92 Å². The highest BCUT2D eigenvalue weighted by atomic mass is 35.5. The Labute approximate surface area is 233 Å². The lowest BCUT2D eigenvalue weighted by Gasteiger charge is -2.17. The van der Waals surface area contributed by atoms with Gasteiger partial charge in [-0.3, -0.25) is 4.79 Å². The monoisotopic (exact) mass is 573 g/mol. The lowest BCUT2D eigenvalue weighted by atomic mass is 10.0. The third-order valence-corrected chi connectivity index (χ3v) is 6.80. The van der Waals surface area contributed by atoms with Crippen molar-refractivity contribution in [1.82, 2.24) is 4.57 Å². The number of nitrogens with zero attached hydrogens (tertiary/aromatic N) is 1. The van der Waals surface area contributed by atoms with Gasteiger partial charge >= 0.3 is 12.3 Å². The highest BCUT2D eigenvalue weighted by Gasteiger charge is 2.32. The summed E-state index contributed by atoms with van der Waals surface area (Å²) in [5.41, 5.74) is 3.40. The Morgan fingerprint density at radius 1 is 1.00 bits per heavy atom. The Hall–Kier alpha value is -3.98. The smallest absolute Gasteiger partial charge is 0.479 e. The minimum Gasteiger partial charge on any atom is -0.479 e. The first kappa shape index (κ1) is 29.0. The maximum atomic E-state index is 13.6. The summed E-state index contributed by atoms with van der Waals surface area (Å²) in [7, 11) is 0. The van der Waals surface area contributed by atoms with Gasteiger partial charge in [-0.15, -0.1) is 13.2 Å². The molecule has 0 spiro atoms. The summed E-state index contributed by atoms with van der Waals surface area (Å²) in [5, 5.41) is 10.2. The molecule has 0 radical (unpaired) electrons. The Kier molecular flexibility index (Phi) is 8.44.